The predicted octanol–water partition coefficient (Wildman–Crippen LogP) is 5.34. The Bertz CT molecular complexity index is 1470. The minimum Gasteiger partial charge on any atom is -0.498 e. The van der Waals surface area contributed by atoms with Crippen molar-refractivity contribution in [3.05, 3.63) is 87.9 Å². The van der Waals surface area contributed by atoms with Crippen LogP contribution in [0.4, 0.5) is 8.78 Å². The van der Waals surface area contributed by atoms with Crippen LogP contribution < -0.4 is 5.32 Å². The lowest BCUT2D eigenvalue weighted by Gasteiger charge is -2.36. The number of nitrogens with one attached hydrogen (secondary N) is 1. The van der Waals surface area contributed by atoms with Crippen molar-refractivity contribution in [3.8, 4) is 5.82 Å². The van der Waals surface area contributed by atoms with Crippen molar-refractivity contribution in [2.75, 3.05) is 6.61 Å². The number of carbonyl (C=O) groups excluding carboxylic acids is 1. The van der Waals surface area contributed by atoms with E-state index in [4.69, 9.17) is 16.3 Å². The van der Waals surface area contributed by atoms with Crippen molar-refractivity contribution < 1.29 is 18.3 Å². The molecule has 204 valence electrons. The van der Waals surface area contributed by atoms with E-state index in [0.29, 0.717) is 29.9 Å². The Kier molecular flexibility index (Phi) is 8.49. The molecule has 3 aromatic rings. The molecule has 9 nitrogen and oxygen atoms in total. The molecule has 0 saturated carbocycles. The van der Waals surface area contributed by atoms with Crippen molar-refractivity contribution in [1.29, 1.82) is 0 Å². The molecule has 3 aromatic heterocycles. The van der Waals surface area contributed by atoms with Crippen LogP contribution in [0.25, 0.3) is 5.82 Å². The average Bonchev–Trinajstić information content (AvgIpc) is 3.28. The van der Waals surface area contributed by atoms with Crippen LogP contribution >= 0.6 is 11.6 Å². The topological polar surface area (TPSA) is 107 Å². The summed E-state index contributed by atoms with van der Waals surface area (Å²) < 4.78 is 34.5. The minimum atomic E-state index is -0.974. The van der Waals surface area contributed by atoms with Gasteiger partial charge in [0.05, 0.1) is 30.6 Å². The van der Waals surface area contributed by atoms with E-state index in [1.807, 2.05) is 33.0 Å². The maximum absolute atomic E-state index is 14.2. The summed E-state index contributed by atoms with van der Waals surface area (Å²) in [5, 5.41) is 11.0. The normalized spacial score (nSPS) is 14.6. The molecule has 1 amide bonds. The van der Waals surface area contributed by atoms with Gasteiger partial charge in [-0.05, 0) is 44.9 Å². The number of rotatable bonds is 9. The maximum atomic E-state index is 14.2. The molecular weight excluding hydrogens is 528 g/mol. The van der Waals surface area contributed by atoms with E-state index in [2.05, 4.69) is 37.5 Å². The van der Waals surface area contributed by atoms with E-state index >= 15 is 0 Å². The standard InChI is InChI=1S/C27H28ClF2N7O2/c1-5-16-10-22(39-6-2)18(14-31-12-16)24(20-8-7-9-23(28)33-20)27(3,4)34-26(38)21-15-37(36-35-21)25-19(30)11-17(29)13-32-25/h7-9,11-15,24H,5-6,10H2,1-4H3,(H,34,38). The molecule has 1 aliphatic heterocycles. The van der Waals surface area contributed by atoms with Crippen LogP contribution in [0.5, 0.6) is 0 Å². The molecule has 0 fully saturated rings. The first kappa shape index (κ1) is 28.0. The van der Waals surface area contributed by atoms with E-state index in [9.17, 15) is 13.6 Å². The number of carbonyl (C=O) groups is 1. The van der Waals surface area contributed by atoms with Crippen molar-refractivity contribution in [1.82, 2.24) is 30.3 Å². The molecule has 4 rings (SSSR count). The van der Waals surface area contributed by atoms with Crippen molar-refractivity contribution >= 4 is 23.7 Å². The summed E-state index contributed by atoms with van der Waals surface area (Å²) in [7, 11) is 0. The van der Waals surface area contributed by atoms with Crippen LogP contribution in [-0.2, 0) is 4.74 Å². The van der Waals surface area contributed by atoms with Gasteiger partial charge in [0.2, 0.25) is 0 Å². The Morgan fingerprint density at radius 1 is 1.28 bits per heavy atom. The second-order valence-electron chi connectivity index (χ2n) is 9.41. The van der Waals surface area contributed by atoms with E-state index in [1.54, 1.807) is 18.3 Å². The highest BCUT2D eigenvalue weighted by Gasteiger charge is 2.38. The Morgan fingerprint density at radius 3 is 2.77 bits per heavy atom. The summed E-state index contributed by atoms with van der Waals surface area (Å²) in [4.78, 5) is 26.1. The number of halogens is 3. The fourth-order valence-electron chi connectivity index (χ4n) is 4.39. The molecule has 1 N–H and O–H groups in total. The van der Waals surface area contributed by atoms with Crippen LogP contribution in [0.2, 0.25) is 5.15 Å². The van der Waals surface area contributed by atoms with Gasteiger partial charge in [-0.15, -0.1) is 5.10 Å². The molecule has 0 saturated heterocycles. The van der Waals surface area contributed by atoms with Gasteiger partial charge >= 0.3 is 0 Å². The zero-order chi connectivity index (χ0) is 28.2. The highest BCUT2D eigenvalue weighted by atomic mass is 35.5. The van der Waals surface area contributed by atoms with Crippen LogP contribution in [0.1, 0.15) is 62.6 Å². The number of hydrogen-bond acceptors (Lipinski definition) is 7. The average molecular weight is 556 g/mol. The Hall–Kier alpha value is -3.99. The summed E-state index contributed by atoms with van der Waals surface area (Å²) in [6.45, 7) is 8.09. The number of amides is 1. The third-order valence-corrected chi connectivity index (χ3v) is 6.40. The van der Waals surface area contributed by atoms with Gasteiger partial charge in [0.15, 0.2) is 17.3 Å². The summed E-state index contributed by atoms with van der Waals surface area (Å²) >= 11 is 6.27. The third-order valence-electron chi connectivity index (χ3n) is 6.19. The summed E-state index contributed by atoms with van der Waals surface area (Å²) in [5.41, 5.74) is 1.39. The summed E-state index contributed by atoms with van der Waals surface area (Å²) in [6, 6.07) is 5.96. The van der Waals surface area contributed by atoms with Gasteiger partial charge in [-0.25, -0.2) is 18.7 Å². The van der Waals surface area contributed by atoms with Crippen LogP contribution in [-0.4, -0.2) is 49.2 Å². The van der Waals surface area contributed by atoms with Gasteiger partial charge in [0.25, 0.3) is 5.91 Å². The van der Waals surface area contributed by atoms with Crippen LogP contribution in [0, 0.1) is 11.6 Å². The van der Waals surface area contributed by atoms with Gasteiger partial charge in [-0.2, -0.15) is 4.68 Å². The Balaban J connectivity index is 1.72. The molecule has 0 radical (unpaired) electrons. The van der Waals surface area contributed by atoms with Gasteiger partial charge in [0, 0.05) is 36.0 Å². The summed E-state index contributed by atoms with van der Waals surface area (Å²) in [6.07, 6.45) is 6.99. The Morgan fingerprint density at radius 2 is 2.08 bits per heavy atom. The molecule has 1 aliphatic rings. The van der Waals surface area contributed by atoms with E-state index in [1.165, 1.54) is 6.20 Å². The van der Waals surface area contributed by atoms with Crippen molar-refractivity contribution in [2.45, 2.75) is 52.0 Å². The first-order valence-electron chi connectivity index (χ1n) is 12.4. The lowest BCUT2D eigenvalue weighted by atomic mass is 9.78. The van der Waals surface area contributed by atoms with Gasteiger partial charge < -0.3 is 10.1 Å². The second kappa shape index (κ2) is 11.8. The zero-order valence-corrected chi connectivity index (χ0v) is 22.7. The van der Waals surface area contributed by atoms with Crippen molar-refractivity contribution in [2.24, 2.45) is 4.99 Å². The number of hydrogen-bond donors (Lipinski definition) is 1. The highest BCUT2D eigenvalue weighted by molar-refractivity contribution is 6.29. The monoisotopic (exact) mass is 555 g/mol. The van der Waals surface area contributed by atoms with E-state index < -0.39 is 29.0 Å². The van der Waals surface area contributed by atoms with Gasteiger partial charge in [0.1, 0.15) is 16.7 Å². The number of allylic oxidation sites excluding steroid dienone is 1. The fourth-order valence-corrected chi connectivity index (χ4v) is 4.56. The fraction of sp³-hybridized carbons (Fsp3) is 0.333. The molecule has 0 aliphatic carbocycles. The molecule has 1 unspecified atom stereocenters. The zero-order valence-electron chi connectivity index (χ0n) is 22.0. The summed E-state index contributed by atoms with van der Waals surface area (Å²) in [5.74, 6) is -2.44. The van der Waals surface area contributed by atoms with Crippen molar-refractivity contribution in [3.63, 3.8) is 0 Å². The lowest BCUT2D eigenvalue weighted by molar-refractivity contribution is 0.0899. The smallest absolute Gasteiger partial charge is 0.273 e. The van der Waals surface area contributed by atoms with Crippen LogP contribution in [0.15, 0.2) is 64.8 Å². The third kappa shape index (κ3) is 6.36. The lowest BCUT2D eigenvalue weighted by Crippen LogP contribution is -2.49. The molecule has 4 heterocycles. The first-order valence-corrected chi connectivity index (χ1v) is 12.8. The molecule has 0 bridgehead atoms. The van der Waals surface area contributed by atoms with E-state index in [0.717, 1.165) is 34.2 Å². The van der Waals surface area contributed by atoms with E-state index in [-0.39, 0.29) is 11.5 Å². The predicted molar refractivity (Wildman–Crippen MR) is 143 cm³/mol. The first-order chi connectivity index (χ1) is 18.6. The van der Waals surface area contributed by atoms with Crippen LogP contribution in [0.3, 0.4) is 0 Å². The second-order valence-corrected chi connectivity index (χ2v) is 9.80. The number of nitrogens with zero attached hydrogens (tertiary/aromatic N) is 6. The molecular formula is C27H28ClF2N7O2. The maximum Gasteiger partial charge on any atom is 0.273 e. The molecule has 0 aromatic carbocycles. The highest BCUT2D eigenvalue weighted by Crippen LogP contribution is 2.38. The number of ether oxygens (including phenoxy) is 1. The Labute approximate surface area is 229 Å². The SMILES string of the molecule is CCOC1=C(C(c2cccc(Cl)n2)C(C)(C)NC(=O)c2cn(-c3ncc(F)cc3F)nn2)C=NC=C(CC)C1. The van der Waals surface area contributed by atoms with Gasteiger partial charge in [-0.3, -0.25) is 9.79 Å². The minimum absolute atomic E-state index is 0.0881. The largest absolute Gasteiger partial charge is 0.498 e. The number of aromatic nitrogens is 5. The molecule has 0 spiro atoms. The number of pyridine rings is 2. The van der Waals surface area contributed by atoms with Gasteiger partial charge in [-0.1, -0.05) is 29.8 Å². The molecule has 12 heteroatoms. The quantitative estimate of drug-likeness (QED) is 0.357. The molecule has 1 atom stereocenters. The molecule has 39 heavy (non-hydrogen) atoms. The number of aliphatic imine (C=N–C) groups is 1.